The number of hydrogen-bond donors (Lipinski definition) is 0. The van der Waals surface area contributed by atoms with Crippen molar-refractivity contribution in [1.29, 1.82) is 0 Å². The van der Waals surface area contributed by atoms with E-state index in [-0.39, 0.29) is 25.8 Å². The summed E-state index contributed by atoms with van der Waals surface area (Å²) in [6, 6.07) is 0. The first kappa shape index (κ1) is 57.5. The molecule has 0 saturated carbocycles. The summed E-state index contributed by atoms with van der Waals surface area (Å²) >= 11 is 0. The van der Waals surface area contributed by atoms with Gasteiger partial charge in [0, 0.05) is 13.0 Å². The van der Waals surface area contributed by atoms with E-state index >= 15 is 0 Å². The highest BCUT2D eigenvalue weighted by atomic mass is 31.2. The van der Waals surface area contributed by atoms with E-state index in [0.29, 0.717) is 24.1 Å². The van der Waals surface area contributed by atoms with Crippen LogP contribution < -0.4 is 4.89 Å². The third-order valence-corrected chi connectivity index (χ3v) is 11.4. The molecule has 0 amide bonds. The topological polar surface area (TPSA) is 94.1 Å². The van der Waals surface area contributed by atoms with E-state index < -0.39 is 13.9 Å². The van der Waals surface area contributed by atoms with E-state index in [9.17, 15) is 14.3 Å². The van der Waals surface area contributed by atoms with Gasteiger partial charge in [0.05, 0.1) is 34.4 Å². The number of nitrogens with zero attached hydrogens (tertiary/aromatic N) is 1. The quantitative estimate of drug-likeness (QED) is 0.0198. The fourth-order valence-corrected chi connectivity index (χ4v) is 7.38. The Kier molecular flexibility index (Phi) is 42.0. The summed E-state index contributed by atoms with van der Waals surface area (Å²) in [6.07, 6.45) is 52.7. The largest absolute Gasteiger partial charge is 0.756 e. The maximum absolute atomic E-state index is 12.7. The van der Waals surface area contributed by atoms with Crippen LogP contribution in [0.4, 0.5) is 0 Å². The number of carbonyl (C=O) groups is 1. The number of allylic oxidation sites excluding steroid dienone is 8. The average Bonchev–Trinajstić information content (AvgIpc) is 3.19. The Morgan fingerprint density at radius 3 is 1.47 bits per heavy atom. The van der Waals surface area contributed by atoms with E-state index in [1.54, 1.807) is 0 Å². The second-order valence-electron chi connectivity index (χ2n) is 17.4. The predicted octanol–water partition coefficient (Wildman–Crippen LogP) is 14.1. The van der Waals surface area contributed by atoms with Gasteiger partial charge in [0.25, 0.3) is 7.82 Å². The fraction of sp³-hybridized carbons (Fsp3) is 0.820. The molecule has 346 valence electrons. The molecule has 0 spiro atoms. The average molecular weight is 852 g/mol. The van der Waals surface area contributed by atoms with Crippen molar-refractivity contribution in [1.82, 2.24) is 0 Å². The van der Waals surface area contributed by atoms with Gasteiger partial charge in [0.15, 0.2) is 0 Å². The SMILES string of the molecule is CC/C=C\C/C=C\C/C=C\C/C=C\CCCCCCCCCCCCC(=O)OC(COCCCCCCCCCCCCCCCC)COP(=O)([O-])OCC[N+](C)(C)C. The lowest BCUT2D eigenvalue weighted by atomic mass is 10.0. The van der Waals surface area contributed by atoms with Crippen LogP contribution in [0.5, 0.6) is 0 Å². The number of ether oxygens (including phenoxy) is 2. The molecule has 0 aliphatic carbocycles. The van der Waals surface area contributed by atoms with Crippen LogP contribution in [0.25, 0.3) is 0 Å². The normalized spacial score (nSPS) is 14.1. The van der Waals surface area contributed by atoms with E-state index in [0.717, 1.165) is 57.8 Å². The summed E-state index contributed by atoms with van der Waals surface area (Å²) in [5, 5.41) is 0. The van der Waals surface area contributed by atoms with Crippen LogP contribution in [0.2, 0.25) is 0 Å². The van der Waals surface area contributed by atoms with Gasteiger partial charge in [0.2, 0.25) is 0 Å². The minimum Gasteiger partial charge on any atom is -0.756 e. The van der Waals surface area contributed by atoms with Gasteiger partial charge in [-0.15, -0.1) is 0 Å². The van der Waals surface area contributed by atoms with Crippen LogP contribution in [0.1, 0.15) is 206 Å². The van der Waals surface area contributed by atoms with Gasteiger partial charge < -0.3 is 27.9 Å². The smallest absolute Gasteiger partial charge is 0.306 e. The number of carbonyl (C=O) groups excluding carboxylic acids is 1. The molecule has 0 heterocycles. The molecule has 9 heteroatoms. The summed E-state index contributed by atoms with van der Waals surface area (Å²) in [5.41, 5.74) is 0. The zero-order valence-corrected chi connectivity index (χ0v) is 40.1. The highest BCUT2D eigenvalue weighted by Gasteiger charge is 2.20. The van der Waals surface area contributed by atoms with Crippen molar-refractivity contribution in [3.05, 3.63) is 48.6 Å². The maximum atomic E-state index is 12.7. The molecule has 0 radical (unpaired) electrons. The van der Waals surface area contributed by atoms with E-state index in [1.165, 1.54) is 128 Å². The van der Waals surface area contributed by atoms with Gasteiger partial charge in [-0.25, -0.2) is 0 Å². The van der Waals surface area contributed by atoms with Gasteiger partial charge >= 0.3 is 5.97 Å². The number of rotatable bonds is 45. The molecule has 0 aromatic rings. The van der Waals surface area contributed by atoms with E-state index in [2.05, 4.69) is 62.5 Å². The Bertz CT molecular complexity index is 1080. The molecule has 0 N–H and O–H groups in total. The number of phosphoric ester groups is 1. The molecular weight excluding hydrogens is 758 g/mol. The molecule has 0 aliphatic heterocycles. The van der Waals surface area contributed by atoms with Crippen LogP contribution in [0, 0.1) is 0 Å². The van der Waals surface area contributed by atoms with Crippen LogP contribution in [0.15, 0.2) is 48.6 Å². The first-order valence-corrected chi connectivity index (χ1v) is 25.8. The standard InChI is InChI=1S/C50H94NO7P/c1-6-8-10-12-14-16-18-20-22-23-24-25-26-27-28-29-30-31-33-35-37-39-41-43-50(52)58-49(48-57-59(53,54)56-46-44-51(3,4)5)47-55-45-42-40-38-36-34-32-21-19-17-15-13-11-9-7-2/h8,10,14,16,20,22,24-25,49H,6-7,9,11-13,15,17-19,21,23,26-48H2,1-5H3/b10-8-,16-14-,22-20-,25-24-. The van der Waals surface area contributed by atoms with Gasteiger partial charge in [0.1, 0.15) is 19.3 Å². The minimum atomic E-state index is -4.53. The Morgan fingerprint density at radius 2 is 0.983 bits per heavy atom. The Morgan fingerprint density at radius 1 is 0.542 bits per heavy atom. The van der Waals surface area contributed by atoms with Crippen LogP contribution in [0.3, 0.4) is 0 Å². The summed E-state index contributed by atoms with van der Waals surface area (Å²) in [7, 11) is 1.36. The molecule has 59 heavy (non-hydrogen) atoms. The first-order valence-electron chi connectivity index (χ1n) is 24.4. The molecule has 0 aromatic carbocycles. The van der Waals surface area contributed by atoms with Crippen molar-refractivity contribution < 1.29 is 37.3 Å². The van der Waals surface area contributed by atoms with Crippen molar-refractivity contribution in [3.63, 3.8) is 0 Å². The lowest BCUT2D eigenvalue weighted by molar-refractivity contribution is -0.870. The lowest BCUT2D eigenvalue weighted by Crippen LogP contribution is -2.37. The molecule has 2 unspecified atom stereocenters. The van der Waals surface area contributed by atoms with Crippen molar-refractivity contribution in [2.75, 3.05) is 54.1 Å². The maximum Gasteiger partial charge on any atom is 0.306 e. The van der Waals surface area contributed by atoms with Crippen LogP contribution in [-0.2, 0) is 27.9 Å². The molecule has 0 saturated heterocycles. The highest BCUT2D eigenvalue weighted by molar-refractivity contribution is 7.45. The fourth-order valence-electron chi connectivity index (χ4n) is 6.66. The third kappa shape index (κ3) is 47.4. The number of likely N-dealkylation sites (N-methyl/N-ethyl adjacent to an activating group) is 1. The number of hydrogen-bond acceptors (Lipinski definition) is 7. The Hall–Kier alpha value is -1.54. The molecular formula is C50H94NO7P. The summed E-state index contributed by atoms with van der Waals surface area (Å²) in [5.74, 6) is -0.337. The van der Waals surface area contributed by atoms with Gasteiger partial charge in [-0.1, -0.05) is 197 Å². The van der Waals surface area contributed by atoms with Crippen molar-refractivity contribution in [2.24, 2.45) is 0 Å². The summed E-state index contributed by atoms with van der Waals surface area (Å²) in [6.45, 7) is 5.32. The minimum absolute atomic E-state index is 0.0254. The van der Waals surface area contributed by atoms with Crippen LogP contribution >= 0.6 is 7.82 Å². The van der Waals surface area contributed by atoms with Gasteiger partial charge in [-0.05, 0) is 51.4 Å². The number of phosphoric acid groups is 1. The predicted molar refractivity (Wildman–Crippen MR) is 250 cm³/mol. The molecule has 0 bridgehead atoms. The molecule has 0 fully saturated rings. The third-order valence-electron chi connectivity index (χ3n) is 10.4. The van der Waals surface area contributed by atoms with Crippen LogP contribution in [-0.4, -0.2) is 70.7 Å². The molecule has 0 aromatic heterocycles. The second kappa shape index (κ2) is 43.1. The van der Waals surface area contributed by atoms with E-state index in [1.807, 2.05) is 21.1 Å². The molecule has 0 rings (SSSR count). The Balaban J connectivity index is 4.14. The van der Waals surface area contributed by atoms with Crippen molar-refractivity contribution in [2.45, 2.75) is 213 Å². The summed E-state index contributed by atoms with van der Waals surface area (Å²) < 4.78 is 34.7. The lowest BCUT2D eigenvalue weighted by Gasteiger charge is -2.28. The number of unbranched alkanes of at least 4 members (excludes halogenated alkanes) is 23. The Labute approximate surface area is 365 Å². The van der Waals surface area contributed by atoms with Gasteiger partial charge in [-0.3, -0.25) is 9.36 Å². The number of quaternary nitrogens is 1. The van der Waals surface area contributed by atoms with Crippen molar-refractivity contribution >= 4 is 13.8 Å². The molecule has 8 nitrogen and oxygen atoms in total. The molecule has 0 aliphatic rings. The highest BCUT2D eigenvalue weighted by Crippen LogP contribution is 2.38. The van der Waals surface area contributed by atoms with E-state index in [4.69, 9.17) is 18.5 Å². The first-order chi connectivity index (χ1) is 28.6. The second-order valence-corrected chi connectivity index (χ2v) is 18.9. The van der Waals surface area contributed by atoms with Gasteiger partial charge in [-0.2, -0.15) is 0 Å². The summed E-state index contributed by atoms with van der Waals surface area (Å²) in [4.78, 5) is 25.1. The number of esters is 1. The molecule has 2 atom stereocenters. The zero-order valence-electron chi connectivity index (χ0n) is 39.2. The van der Waals surface area contributed by atoms with Crippen molar-refractivity contribution in [3.8, 4) is 0 Å². The zero-order chi connectivity index (χ0) is 43.4. The monoisotopic (exact) mass is 852 g/mol.